The van der Waals surface area contributed by atoms with E-state index in [9.17, 15) is 4.79 Å². The Balaban J connectivity index is 1.55. The summed E-state index contributed by atoms with van der Waals surface area (Å²) in [4.78, 5) is 12.3. The van der Waals surface area contributed by atoms with E-state index < -0.39 is 0 Å². The van der Waals surface area contributed by atoms with Crippen LogP contribution in [0, 0.1) is 11.3 Å². The van der Waals surface area contributed by atoms with Gasteiger partial charge in [-0.2, -0.15) is 5.26 Å². The number of benzene rings is 3. The third kappa shape index (κ3) is 5.73. The summed E-state index contributed by atoms with van der Waals surface area (Å²) in [6.07, 6.45) is 0.783. The molecule has 27 heavy (non-hydrogen) atoms. The second-order valence-corrected chi connectivity index (χ2v) is 7.16. The first-order valence-electron chi connectivity index (χ1n) is 8.73. The maximum atomic E-state index is 12.3. The van der Waals surface area contributed by atoms with Crippen molar-refractivity contribution >= 4 is 23.4 Å². The quantitative estimate of drug-likeness (QED) is 0.633. The Morgan fingerprint density at radius 3 is 2.48 bits per heavy atom. The van der Waals surface area contributed by atoms with E-state index in [0.29, 0.717) is 17.1 Å². The lowest BCUT2D eigenvalue weighted by Gasteiger charge is -2.11. The Kier molecular flexibility index (Phi) is 6.67. The molecule has 0 saturated heterocycles. The number of rotatable bonds is 7. The fourth-order valence-corrected chi connectivity index (χ4v) is 3.57. The summed E-state index contributed by atoms with van der Waals surface area (Å²) in [6.45, 7) is 0. The highest BCUT2D eigenvalue weighted by Crippen LogP contribution is 2.20. The minimum Gasteiger partial charge on any atom is -0.325 e. The number of nitrogens with zero attached hydrogens (tertiary/aromatic N) is 1. The number of anilines is 1. The zero-order chi connectivity index (χ0) is 18.9. The number of para-hydroxylation sites is 1. The highest BCUT2D eigenvalue weighted by atomic mass is 32.2. The predicted molar refractivity (Wildman–Crippen MR) is 112 cm³/mol. The molecule has 134 valence electrons. The third-order valence-electron chi connectivity index (χ3n) is 4.09. The monoisotopic (exact) mass is 372 g/mol. The molecule has 0 radical (unpaired) electrons. The lowest BCUT2D eigenvalue weighted by atomic mass is 10.0. The second kappa shape index (κ2) is 9.61. The van der Waals surface area contributed by atoms with Gasteiger partial charge in [-0.1, -0.05) is 60.7 Å². The molecule has 0 unspecified atom stereocenters. The molecule has 3 aromatic carbocycles. The number of carbonyl (C=O) groups is 1. The number of carbonyl (C=O) groups excluding carboxylic acids is 1. The van der Waals surface area contributed by atoms with Gasteiger partial charge in [-0.15, -0.1) is 11.8 Å². The van der Waals surface area contributed by atoms with Gasteiger partial charge in [-0.3, -0.25) is 4.79 Å². The van der Waals surface area contributed by atoms with Crippen LogP contribution in [0.1, 0.15) is 22.3 Å². The average Bonchev–Trinajstić information content (AvgIpc) is 2.70. The highest BCUT2D eigenvalue weighted by molar-refractivity contribution is 7.99. The summed E-state index contributed by atoms with van der Waals surface area (Å²) >= 11 is 1.54. The zero-order valence-corrected chi connectivity index (χ0v) is 15.7. The first kappa shape index (κ1) is 18.8. The van der Waals surface area contributed by atoms with Crippen LogP contribution in [-0.4, -0.2) is 11.7 Å². The van der Waals surface area contributed by atoms with E-state index in [4.69, 9.17) is 5.26 Å². The van der Waals surface area contributed by atoms with Crippen molar-refractivity contribution in [1.82, 2.24) is 0 Å². The topological polar surface area (TPSA) is 52.9 Å². The normalized spacial score (nSPS) is 10.2. The van der Waals surface area contributed by atoms with Crippen molar-refractivity contribution in [3.05, 3.63) is 101 Å². The van der Waals surface area contributed by atoms with E-state index in [-0.39, 0.29) is 5.91 Å². The smallest absolute Gasteiger partial charge is 0.234 e. The van der Waals surface area contributed by atoms with Crippen molar-refractivity contribution < 1.29 is 4.79 Å². The molecule has 3 nitrogen and oxygen atoms in total. The van der Waals surface area contributed by atoms with Crippen molar-refractivity contribution in [2.24, 2.45) is 0 Å². The summed E-state index contributed by atoms with van der Waals surface area (Å²) in [7, 11) is 0. The van der Waals surface area contributed by atoms with Crippen molar-refractivity contribution in [2.75, 3.05) is 11.1 Å². The van der Waals surface area contributed by atoms with E-state index in [2.05, 4.69) is 23.5 Å². The Hall–Kier alpha value is -3.03. The molecule has 0 spiro atoms. The van der Waals surface area contributed by atoms with E-state index in [1.54, 1.807) is 17.8 Å². The molecule has 0 atom stereocenters. The fraction of sp³-hybridized carbons (Fsp3) is 0.130. The molecule has 3 aromatic rings. The standard InChI is InChI=1S/C23H20N2OS/c24-15-19-9-6-10-20(13-19)16-27-17-23(26)25-22-12-5-4-11-21(22)14-18-7-2-1-3-8-18/h1-13H,14,16-17H2,(H,25,26). The van der Waals surface area contributed by atoms with Gasteiger partial charge in [0.2, 0.25) is 5.91 Å². The van der Waals surface area contributed by atoms with Crippen LogP contribution in [0.2, 0.25) is 0 Å². The summed E-state index contributed by atoms with van der Waals surface area (Å²) in [5.74, 6) is 1.06. The van der Waals surface area contributed by atoms with Gasteiger partial charge in [0.15, 0.2) is 0 Å². The average molecular weight is 372 g/mol. The second-order valence-electron chi connectivity index (χ2n) is 6.17. The molecule has 1 amide bonds. The molecular formula is C23H20N2OS. The maximum absolute atomic E-state index is 12.3. The molecular weight excluding hydrogens is 352 g/mol. The Labute approximate surface area is 164 Å². The Morgan fingerprint density at radius 2 is 1.67 bits per heavy atom. The van der Waals surface area contributed by atoms with E-state index in [1.165, 1.54) is 5.56 Å². The number of nitrogens with one attached hydrogen (secondary N) is 1. The fourth-order valence-electron chi connectivity index (χ4n) is 2.79. The number of thioether (sulfide) groups is 1. The Morgan fingerprint density at radius 1 is 0.926 bits per heavy atom. The summed E-state index contributed by atoms with van der Waals surface area (Å²) in [5.41, 5.74) is 4.87. The van der Waals surface area contributed by atoms with E-state index in [1.807, 2.05) is 60.7 Å². The summed E-state index contributed by atoms with van der Waals surface area (Å²) in [5, 5.41) is 12.0. The van der Waals surface area contributed by atoms with Crippen LogP contribution in [0.4, 0.5) is 5.69 Å². The molecule has 0 aliphatic heterocycles. The third-order valence-corrected chi connectivity index (χ3v) is 5.09. The van der Waals surface area contributed by atoms with Crippen LogP contribution in [0.3, 0.4) is 0 Å². The highest BCUT2D eigenvalue weighted by Gasteiger charge is 2.08. The molecule has 0 aromatic heterocycles. The molecule has 0 saturated carbocycles. The van der Waals surface area contributed by atoms with Gasteiger partial charge in [0, 0.05) is 11.4 Å². The summed E-state index contributed by atoms with van der Waals surface area (Å²) < 4.78 is 0. The maximum Gasteiger partial charge on any atom is 0.234 e. The largest absolute Gasteiger partial charge is 0.325 e. The van der Waals surface area contributed by atoms with Crippen molar-refractivity contribution in [1.29, 1.82) is 5.26 Å². The van der Waals surface area contributed by atoms with Crippen molar-refractivity contribution in [3.63, 3.8) is 0 Å². The number of hydrogen-bond acceptors (Lipinski definition) is 3. The van der Waals surface area contributed by atoms with Crippen molar-refractivity contribution in [3.8, 4) is 6.07 Å². The molecule has 0 aliphatic rings. The van der Waals surface area contributed by atoms with Crippen molar-refractivity contribution in [2.45, 2.75) is 12.2 Å². The molecule has 0 bridgehead atoms. The molecule has 0 fully saturated rings. The van der Waals surface area contributed by atoms with Gasteiger partial charge in [0.1, 0.15) is 0 Å². The lowest BCUT2D eigenvalue weighted by Crippen LogP contribution is -2.15. The lowest BCUT2D eigenvalue weighted by molar-refractivity contribution is -0.113. The Bertz CT molecular complexity index is 948. The molecule has 0 heterocycles. The summed E-state index contributed by atoms with van der Waals surface area (Å²) in [6, 6.07) is 27.8. The minimum absolute atomic E-state index is 0.0167. The van der Waals surface area contributed by atoms with Gasteiger partial charge in [0.05, 0.1) is 17.4 Å². The van der Waals surface area contributed by atoms with Crippen LogP contribution in [0.25, 0.3) is 0 Å². The van der Waals surface area contributed by atoms with Gasteiger partial charge in [0.25, 0.3) is 0 Å². The number of hydrogen-bond donors (Lipinski definition) is 1. The SMILES string of the molecule is N#Cc1cccc(CSCC(=O)Nc2ccccc2Cc2ccccc2)c1. The molecule has 3 rings (SSSR count). The minimum atomic E-state index is -0.0167. The number of nitriles is 1. The molecule has 1 N–H and O–H groups in total. The van der Waals surface area contributed by atoms with Crippen LogP contribution >= 0.6 is 11.8 Å². The zero-order valence-electron chi connectivity index (χ0n) is 14.9. The molecule has 0 aliphatic carbocycles. The van der Waals surface area contributed by atoms with Crippen LogP contribution in [-0.2, 0) is 17.0 Å². The van der Waals surface area contributed by atoms with Gasteiger partial charge in [-0.05, 0) is 41.3 Å². The van der Waals surface area contributed by atoms with Gasteiger partial charge < -0.3 is 5.32 Å². The van der Waals surface area contributed by atoms with E-state index >= 15 is 0 Å². The first-order chi connectivity index (χ1) is 13.2. The van der Waals surface area contributed by atoms with Crippen LogP contribution in [0.5, 0.6) is 0 Å². The van der Waals surface area contributed by atoms with Crippen LogP contribution < -0.4 is 5.32 Å². The van der Waals surface area contributed by atoms with E-state index in [0.717, 1.165) is 23.2 Å². The first-order valence-corrected chi connectivity index (χ1v) is 9.88. The predicted octanol–water partition coefficient (Wildman–Crippen LogP) is 5.02. The number of amides is 1. The van der Waals surface area contributed by atoms with Crippen LogP contribution in [0.15, 0.2) is 78.9 Å². The van der Waals surface area contributed by atoms with Gasteiger partial charge >= 0.3 is 0 Å². The van der Waals surface area contributed by atoms with Gasteiger partial charge in [-0.25, -0.2) is 0 Å². The molecule has 4 heteroatoms.